The average Bonchev–Trinajstić information content (AvgIpc) is 2.21. The van der Waals surface area contributed by atoms with E-state index in [9.17, 15) is 0 Å². The van der Waals surface area contributed by atoms with Gasteiger partial charge in [-0.2, -0.15) is 0 Å². The van der Waals surface area contributed by atoms with Crippen LogP contribution in [0.4, 0.5) is 5.69 Å². The summed E-state index contributed by atoms with van der Waals surface area (Å²) in [5.41, 5.74) is 1.97. The maximum atomic E-state index is 7.16. The van der Waals surface area contributed by atoms with Crippen LogP contribution in [0, 0.1) is 5.41 Å². The van der Waals surface area contributed by atoms with Crippen molar-refractivity contribution in [2.24, 2.45) is 0 Å². The summed E-state index contributed by atoms with van der Waals surface area (Å²) >= 11 is 0. The third kappa shape index (κ3) is 4.08. The molecular weight excluding hydrogens is 172 g/mol. The first kappa shape index (κ1) is 12.7. The van der Waals surface area contributed by atoms with Gasteiger partial charge in [0.2, 0.25) is 0 Å². The monoisotopic (exact) mass is 192 g/mol. The van der Waals surface area contributed by atoms with Crippen molar-refractivity contribution in [1.29, 1.82) is 5.41 Å². The second kappa shape index (κ2) is 7.13. The van der Waals surface area contributed by atoms with Crippen LogP contribution in [0.1, 0.15) is 33.3 Å². The van der Waals surface area contributed by atoms with Gasteiger partial charge in [-0.3, -0.25) is 0 Å². The van der Waals surface area contributed by atoms with Crippen LogP contribution >= 0.6 is 0 Å². The lowest BCUT2D eigenvalue weighted by Crippen LogP contribution is -2.11. The van der Waals surface area contributed by atoms with Gasteiger partial charge in [0.1, 0.15) is 0 Å². The number of para-hydroxylation sites is 1. The van der Waals surface area contributed by atoms with Crippen LogP contribution < -0.4 is 5.32 Å². The standard InChI is InChI=1S/C10H14N2.C2H6/c1-8(2)12-10-6-4-3-5-9(10)7-11;1-2/h3-8,11-12H,1-2H3;1-2H3. The Morgan fingerprint density at radius 2 is 1.79 bits per heavy atom. The second-order valence-corrected chi connectivity index (χ2v) is 3.03. The van der Waals surface area contributed by atoms with Gasteiger partial charge < -0.3 is 10.7 Å². The predicted octanol–water partition coefficient (Wildman–Crippen LogP) is 3.53. The smallest absolute Gasteiger partial charge is 0.0431 e. The van der Waals surface area contributed by atoms with E-state index in [1.54, 1.807) is 0 Å². The van der Waals surface area contributed by atoms with Crippen molar-refractivity contribution < 1.29 is 0 Å². The topological polar surface area (TPSA) is 35.9 Å². The van der Waals surface area contributed by atoms with Gasteiger partial charge >= 0.3 is 0 Å². The molecule has 0 fully saturated rings. The summed E-state index contributed by atoms with van der Waals surface area (Å²) in [6, 6.07) is 8.23. The molecule has 0 saturated carbocycles. The molecule has 1 rings (SSSR count). The molecule has 0 spiro atoms. The minimum Gasteiger partial charge on any atom is -0.382 e. The Balaban J connectivity index is 0.000000791. The van der Waals surface area contributed by atoms with Crippen LogP contribution in [-0.4, -0.2) is 12.3 Å². The first-order valence-corrected chi connectivity index (χ1v) is 5.10. The first-order chi connectivity index (χ1) is 6.74. The Morgan fingerprint density at radius 1 is 1.21 bits per heavy atom. The molecular formula is C12H20N2. The molecule has 14 heavy (non-hydrogen) atoms. The predicted molar refractivity (Wildman–Crippen MR) is 64.4 cm³/mol. The van der Waals surface area contributed by atoms with Crippen molar-refractivity contribution >= 4 is 11.9 Å². The van der Waals surface area contributed by atoms with E-state index in [1.165, 1.54) is 6.21 Å². The highest BCUT2D eigenvalue weighted by Gasteiger charge is 1.98. The zero-order chi connectivity index (χ0) is 11.0. The van der Waals surface area contributed by atoms with Crippen LogP contribution in [0.15, 0.2) is 24.3 Å². The summed E-state index contributed by atoms with van der Waals surface area (Å²) in [4.78, 5) is 0. The normalized spacial score (nSPS) is 8.93. The molecule has 1 aromatic rings. The Bertz CT molecular complexity index is 267. The molecule has 0 aliphatic heterocycles. The molecule has 78 valence electrons. The Kier molecular flexibility index (Phi) is 6.46. The van der Waals surface area contributed by atoms with E-state index in [4.69, 9.17) is 5.41 Å². The van der Waals surface area contributed by atoms with Crippen LogP contribution in [0.2, 0.25) is 0 Å². The number of benzene rings is 1. The maximum absolute atomic E-state index is 7.16. The molecule has 2 N–H and O–H groups in total. The number of rotatable bonds is 3. The molecule has 0 aliphatic carbocycles. The van der Waals surface area contributed by atoms with E-state index in [1.807, 2.05) is 38.1 Å². The lowest BCUT2D eigenvalue weighted by Gasteiger charge is -2.11. The van der Waals surface area contributed by atoms with Crippen LogP contribution in [0.25, 0.3) is 0 Å². The minimum atomic E-state index is 0.408. The van der Waals surface area contributed by atoms with Gasteiger partial charge in [-0.25, -0.2) is 0 Å². The molecule has 0 heterocycles. The SMILES string of the molecule is CC.CC(C)Nc1ccccc1C=N. The molecule has 0 radical (unpaired) electrons. The third-order valence-electron chi connectivity index (χ3n) is 1.56. The molecule has 0 saturated heterocycles. The van der Waals surface area contributed by atoms with Gasteiger partial charge in [-0.1, -0.05) is 32.0 Å². The number of anilines is 1. The summed E-state index contributed by atoms with van der Waals surface area (Å²) < 4.78 is 0. The molecule has 2 heteroatoms. The summed E-state index contributed by atoms with van der Waals surface area (Å²) in [5.74, 6) is 0. The maximum Gasteiger partial charge on any atom is 0.0431 e. The van der Waals surface area contributed by atoms with Crippen molar-refractivity contribution in [2.45, 2.75) is 33.7 Å². The van der Waals surface area contributed by atoms with E-state index in [-0.39, 0.29) is 0 Å². The highest BCUT2D eigenvalue weighted by Crippen LogP contribution is 2.13. The Morgan fingerprint density at radius 3 is 2.29 bits per heavy atom. The molecule has 0 aromatic heterocycles. The lowest BCUT2D eigenvalue weighted by molar-refractivity contribution is 0.899. The summed E-state index contributed by atoms with van der Waals surface area (Å²) in [5, 5.41) is 10.4. The highest BCUT2D eigenvalue weighted by atomic mass is 14.9. The largest absolute Gasteiger partial charge is 0.382 e. The second-order valence-electron chi connectivity index (χ2n) is 3.03. The quantitative estimate of drug-likeness (QED) is 0.706. The first-order valence-electron chi connectivity index (χ1n) is 5.10. The van der Waals surface area contributed by atoms with Crippen LogP contribution in [-0.2, 0) is 0 Å². The van der Waals surface area contributed by atoms with Crippen LogP contribution in [0.3, 0.4) is 0 Å². The van der Waals surface area contributed by atoms with E-state index >= 15 is 0 Å². The fourth-order valence-electron chi connectivity index (χ4n) is 1.07. The molecule has 2 nitrogen and oxygen atoms in total. The van der Waals surface area contributed by atoms with E-state index < -0.39 is 0 Å². The Labute approximate surface area is 86.9 Å². The number of hydrogen-bond donors (Lipinski definition) is 2. The Hall–Kier alpha value is -1.31. The van der Waals surface area contributed by atoms with Gasteiger partial charge in [0.05, 0.1) is 0 Å². The van der Waals surface area contributed by atoms with Crippen molar-refractivity contribution in [3.05, 3.63) is 29.8 Å². The molecule has 0 atom stereocenters. The van der Waals surface area contributed by atoms with E-state index in [2.05, 4.69) is 19.2 Å². The van der Waals surface area contributed by atoms with Crippen molar-refractivity contribution in [3.8, 4) is 0 Å². The fourth-order valence-corrected chi connectivity index (χ4v) is 1.07. The van der Waals surface area contributed by atoms with Gasteiger partial charge in [0.15, 0.2) is 0 Å². The summed E-state index contributed by atoms with van der Waals surface area (Å²) in [6.45, 7) is 8.17. The number of nitrogens with one attached hydrogen (secondary N) is 2. The zero-order valence-electron chi connectivity index (χ0n) is 9.46. The van der Waals surface area contributed by atoms with Gasteiger partial charge in [0.25, 0.3) is 0 Å². The molecule has 1 aromatic carbocycles. The minimum absolute atomic E-state index is 0.408. The van der Waals surface area contributed by atoms with Gasteiger partial charge in [-0.05, 0) is 19.9 Å². The van der Waals surface area contributed by atoms with Gasteiger partial charge in [-0.15, -0.1) is 0 Å². The summed E-state index contributed by atoms with van der Waals surface area (Å²) in [6.07, 6.45) is 1.37. The highest BCUT2D eigenvalue weighted by molar-refractivity contribution is 5.85. The molecule has 0 unspecified atom stereocenters. The third-order valence-corrected chi connectivity index (χ3v) is 1.56. The zero-order valence-corrected chi connectivity index (χ0v) is 9.46. The summed E-state index contributed by atoms with van der Waals surface area (Å²) in [7, 11) is 0. The molecule has 0 amide bonds. The van der Waals surface area contributed by atoms with Crippen LogP contribution in [0.5, 0.6) is 0 Å². The van der Waals surface area contributed by atoms with E-state index in [0.29, 0.717) is 6.04 Å². The van der Waals surface area contributed by atoms with Crippen molar-refractivity contribution in [3.63, 3.8) is 0 Å². The van der Waals surface area contributed by atoms with E-state index in [0.717, 1.165) is 11.3 Å². The van der Waals surface area contributed by atoms with Crippen molar-refractivity contribution in [1.82, 2.24) is 0 Å². The van der Waals surface area contributed by atoms with Gasteiger partial charge in [0, 0.05) is 23.5 Å². The lowest BCUT2D eigenvalue weighted by atomic mass is 10.2. The molecule has 0 aliphatic rings. The fraction of sp³-hybridized carbons (Fsp3) is 0.417. The average molecular weight is 192 g/mol. The number of hydrogen-bond acceptors (Lipinski definition) is 2. The molecule has 0 bridgehead atoms. The van der Waals surface area contributed by atoms with Crippen molar-refractivity contribution in [2.75, 3.05) is 5.32 Å².